The summed E-state index contributed by atoms with van der Waals surface area (Å²) in [6.07, 6.45) is 0. The molecule has 0 saturated heterocycles. The minimum atomic E-state index is 0. The summed E-state index contributed by atoms with van der Waals surface area (Å²) in [5.41, 5.74) is 2.73. The standard InChI is InChI=1S/C14H24N4.4ClH/c1-2-13-10-14(3-1)12-18-9-7-16-5-4-15-6-8-17-11-13;;;;/h1-3,10,15-18H,4-9,11-12H2;4*1H. The molecule has 0 radical (unpaired) electrons. The third-order valence-corrected chi connectivity index (χ3v) is 3.09. The maximum Gasteiger partial charge on any atom is 0.0206 e. The van der Waals surface area contributed by atoms with Crippen LogP contribution < -0.4 is 21.3 Å². The van der Waals surface area contributed by atoms with Crippen molar-refractivity contribution >= 4 is 49.6 Å². The lowest BCUT2D eigenvalue weighted by Gasteiger charge is -2.07. The summed E-state index contributed by atoms with van der Waals surface area (Å²) in [4.78, 5) is 0. The van der Waals surface area contributed by atoms with Crippen LogP contribution in [0.4, 0.5) is 0 Å². The summed E-state index contributed by atoms with van der Waals surface area (Å²) in [7, 11) is 0. The van der Waals surface area contributed by atoms with Gasteiger partial charge in [-0.25, -0.2) is 0 Å². The highest BCUT2D eigenvalue weighted by molar-refractivity contribution is 5.86. The molecule has 0 fully saturated rings. The summed E-state index contributed by atoms with van der Waals surface area (Å²) < 4.78 is 0. The second-order valence-corrected chi connectivity index (χ2v) is 4.67. The number of hydrogen-bond acceptors (Lipinski definition) is 4. The maximum atomic E-state index is 3.46. The van der Waals surface area contributed by atoms with Gasteiger partial charge in [-0.05, 0) is 11.1 Å². The van der Waals surface area contributed by atoms with Crippen molar-refractivity contribution in [2.75, 3.05) is 39.3 Å². The lowest BCUT2D eigenvalue weighted by molar-refractivity contribution is 0.568. The van der Waals surface area contributed by atoms with Gasteiger partial charge in [-0.1, -0.05) is 24.3 Å². The Balaban J connectivity index is -0.000000902. The van der Waals surface area contributed by atoms with Crippen LogP contribution in [0.1, 0.15) is 11.1 Å². The van der Waals surface area contributed by atoms with Crippen LogP contribution in [0.5, 0.6) is 0 Å². The first-order valence-electron chi connectivity index (χ1n) is 6.86. The van der Waals surface area contributed by atoms with Crippen LogP contribution in [-0.2, 0) is 13.1 Å². The highest BCUT2D eigenvalue weighted by Crippen LogP contribution is 2.04. The van der Waals surface area contributed by atoms with Gasteiger partial charge in [0.25, 0.3) is 0 Å². The minimum Gasteiger partial charge on any atom is -0.314 e. The molecule has 1 aromatic rings. The first-order valence-corrected chi connectivity index (χ1v) is 6.86. The van der Waals surface area contributed by atoms with Crippen molar-refractivity contribution in [2.45, 2.75) is 13.1 Å². The Morgan fingerprint density at radius 3 is 1.32 bits per heavy atom. The summed E-state index contributed by atoms with van der Waals surface area (Å²) in [6.45, 7) is 8.07. The first kappa shape index (κ1) is 27.1. The molecule has 0 saturated carbocycles. The van der Waals surface area contributed by atoms with Gasteiger partial charge < -0.3 is 21.3 Å². The number of rotatable bonds is 0. The molecular weight excluding hydrogens is 366 g/mol. The monoisotopic (exact) mass is 392 g/mol. The molecule has 1 aliphatic rings. The molecule has 0 aromatic heterocycles. The van der Waals surface area contributed by atoms with Gasteiger partial charge >= 0.3 is 0 Å². The van der Waals surface area contributed by atoms with Crippen molar-refractivity contribution in [3.8, 4) is 0 Å². The predicted molar refractivity (Wildman–Crippen MR) is 105 cm³/mol. The lowest BCUT2D eigenvalue weighted by Crippen LogP contribution is -2.34. The Bertz CT molecular complexity index is 326. The van der Waals surface area contributed by atoms with E-state index in [1.165, 1.54) is 11.1 Å². The van der Waals surface area contributed by atoms with E-state index in [1.54, 1.807) is 0 Å². The van der Waals surface area contributed by atoms with Crippen LogP contribution in [0, 0.1) is 0 Å². The molecular formula is C14H28Cl4N4. The molecule has 0 aliphatic carbocycles. The number of halogens is 4. The molecule has 132 valence electrons. The van der Waals surface area contributed by atoms with Gasteiger partial charge in [-0.15, -0.1) is 49.6 Å². The molecule has 8 heteroatoms. The van der Waals surface area contributed by atoms with Gasteiger partial charge in [-0.3, -0.25) is 0 Å². The van der Waals surface area contributed by atoms with E-state index in [0.717, 1.165) is 52.4 Å². The molecule has 4 nitrogen and oxygen atoms in total. The number of hydrogen-bond donors (Lipinski definition) is 4. The van der Waals surface area contributed by atoms with E-state index < -0.39 is 0 Å². The van der Waals surface area contributed by atoms with Crippen molar-refractivity contribution in [2.24, 2.45) is 0 Å². The summed E-state index contributed by atoms with van der Waals surface area (Å²) in [5.74, 6) is 0. The topological polar surface area (TPSA) is 48.1 Å². The van der Waals surface area contributed by atoms with E-state index in [4.69, 9.17) is 0 Å². The fourth-order valence-electron chi connectivity index (χ4n) is 2.10. The highest BCUT2D eigenvalue weighted by Gasteiger charge is 1.97. The largest absolute Gasteiger partial charge is 0.314 e. The van der Waals surface area contributed by atoms with Crippen molar-refractivity contribution in [1.82, 2.24) is 21.3 Å². The van der Waals surface area contributed by atoms with Gasteiger partial charge in [0.1, 0.15) is 0 Å². The molecule has 2 bridgehead atoms. The Labute approximate surface area is 158 Å². The third-order valence-electron chi connectivity index (χ3n) is 3.09. The SMILES string of the molecule is Cl.Cl.Cl.Cl.c1cc2cc(c1)CNCCNCCNCCNC2. The molecule has 1 heterocycles. The van der Waals surface area contributed by atoms with E-state index >= 15 is 0 Å². The molecule has 1 aliphatic heterocycles. The fourth-order valence-corrected chi connectivity index (χ4v) is 2.10. The second-order valence-electron chi connectivity index (χ2n) is 4.67. The number of nitrogens with one attached hydrogen (secondary N) is 4. The molecule has 4 N–H and O–H groups in total. The average Bonchev–Trinajstić information content (AvgIpc) is 2.40. The van der Waals surface area contributed by atoms with E-state index in [2.05, 4.69) is 45.5 Å². The molecule has 0 unspecified atom stereocenters. The van der Waals surface area contributed by atoms with Crippen LogP contribution in [0.15, 0.2) is 24.3 Å². The molecule has 22 heavy (non-hydrogen) atoms. The van der Waals surface area contributed by atoms with Crippen molar-refractivity contribution in [3.63, 3.8) is 0 Å². The maximum absolute atomic E-state index is 3.46. The Morgan fingerprint density at radius 2 is 0.909 bits per heavy atom. The molecule has 0 spiro atoms. The van der Waals surface area contributed by atoms with Gasteiger partial charge in [0, 0.05) is 52.4 Å². The Hall–Kier alpha value is 0.220. The normalized spacial score (nSPS) is 16.2. The lowest BCUT2D eigenvalue weighted by atomic mass is 10.1. The molecule has 0 atom stereocenters. The number of fused-ring (bicyclic) bond motifs is 2. The zero-order valence-corrected chi connectivity index (χ0v) is 15.9. The van der Waals surface area contributed by atoms with Gasteiger partial charge in [0.05, 0.1) is 0 Å². The Kier molecular flexibility index (Phi) is 21.6. The van der Waals surface area contributed by atoms with Crippen molar-refractivity contribution in [3.05, 3.63) is 35.4 Å². The smallest absolute Gasteiger partial charge is 0.0206 e. The van der Waals surface area contributed by atoms with Gasteiger partial charge in [0.15, 0.2) is 0 Å². The predicted octanol–water partition coefficient (Wildman–Crippen LogP) is 1.75. The van der Waals surface area contributed by atoms with Gasteiger partial charge in [-0.2, -0.15) is 0 Å². The van der Waals surface area contributed by atoms with Gasteiger partial charge in [0.2, 0.25) is 0 Å². The van der Waals surface area contributed by atoms with E-state index in [-0.39, 0.29) is 49.6 Å². The molecule has 0 amide bonds. The minimum absolute atomic E-state index is 0. The van der Waals surface area contributed by atoms with E-state index in [0.29, 0.717) is 0 Å². The third kappa shape index (κ3) is 11.7. The first-order chi connectivity index (χ1) is 8.95. The second kappa shape index (κ2) is 17.6. The van der Waals surface area contributed by atoms with E-state index in [1.807, 2.05) is 0 Å². The zero-order valence-electron chi connectivity index (χ0n) is 12.6. The number of benzene rings is 1. The van der Waals surface area contributed by atoms with E-state index in [9.17, 15) is 0 Å². The highest BCUT2D eigenvalue weighted by atomic mass is 35.5. The summed E-state index contributed by atoms with van der Waals surface area (Å²) >= 11 is 0. The Morgan fingerprint density at radius 1 is 0.545 bits per heavy atom. The van der Waals surface area contributed by atoms with Crippen LogP contribution in [0.3, 0.4) is 0 Å². The fraction of sp³-hybridized carbons (Fsp3) is 0.571. The van der Waals surface area contributed by atoms with Crippen LogP contribution in [0.25, 0.3) is 0 Å². The van der Waals surface area contributed by atoms with Crippen molar-refractivity contribution < 1.29 is 0 Å². The average molecular weight is 394 g/mol. The summed E-state index contributed by atoms with van der Waals surface area (Å²) in [5, 5.41) is 13.8. The zero-order chi connectivity index (χ0) is 12.5. The van der Waals surface area contributed by atoms with Crippen LogP contribution in [0.2, 0.25) is 0 Å². The summed E-state index contributed by atoms with van der Waals surface area (Å²) in [6, 6.07) is 8.79. The van der Waals surface area contributed by atoms with Crippen LogP contribution in [-0.4, -0.2) is 39.3 Å². The van der Waals surface area contributed by atoms with Crippen LogP contribution >= 0.6 is 49.6 Å². The van der Waals surface area contributed by atoms with Crippen molar-refractivity contribution in [1.29, 1.82) is 0 Å². The molecule has 1 aromatic carbocycles. The quantitative estimate of drug-likeness (QED) is 0.542. The molecule has 2 rings (SSSR count).